The highest BCUT2D eigenvalue weighted by Crippen LogP contribution is 2.31. The number of carbonyl (C=O) groups excluding carboxylic acids is 1. The lowest BCUT2D eigenvalue weighted by atomic mass is 10.1. The maximum absolute atomic E-state index is 12.3. The van der Waals surface area contributed by atoms with Crippen LogP contribution in [-0.2, 0) is 0 Å². The minimum absolute atomic E-state index is 0.280. The van der Waals surface area contributed by atoms with E-state index in [-0.39, 0.29) is 5.69 Å². The lowest BCUT2D eigenvalue weighted by Gasteiger charge is -2.08. The van der Waals surface area contributed by atoms with Gasteiger partial charge < -0.3 is 14.2 Å². The molecule has 1 heterocycles. The Bertz CT molecular complexity index is 1050. The third-order valence-corrected chi connectivity index (χ3v) is 4.68. The highest BCUT2D eigenvalue weighted by atomic mass is 79.9. The van der Waals surface area contributed by atoms with Crippen LogP contribution in [0.2, 0.25) is 0 Å². The van der Waals surface area contributed by atoms with Gasteiger partial charge in [0.15, 0.2) is 11.5 Å². The van der Waals surface area contributed by atoms with Gasteiger partial charge in [-0.2, -0.15) is 10.2 Å². The fraction of sp³-hybridized carbons (Fsp3) is 0.150. The van der Waals surface area contributed by atoms with E-state index in [1.165, 1.54) is 6.21 Å². The first-order valence-corrected chi connectivity index (χ1v) is 9.29. The van der Waals surface area contributed by atoms with E-state index in [2.05, 4.69) is 36.7 Å². The third kappa shape index (κ3) is 4.75. The van der Waals surface area contributed by atoms with Gasteiger partial charge in [-0.15, -0.1) is 0 Å². The zero-order valence-electron chi connectivity index (χ0n) is 16.0. The molecule has 0 atom stereocenters. The van der Waals surface area contributed by atoms with Crippen molar-refractivity contribution in [3.63, 3.8) is 0 Å². The first kappa shape index (κ1) is 20.4. The molecular weight excluding hydrogens is 440 g/mol. The summed E-state index contributed by atoms with van der Waals surface area (Å²) in [7, 11) is 4.72. The number of rotatable bonds is 7. The predicted molar refractivity (Wildman–Crippen MR) is 113 cm³/mol. The van der Waals surface area contributed by atoms with Crippen molar-refractivity contribution < 1.29 is 19.0 Å². The van der Waals surface area contributed by atoms with Crippen molar-refractivity contribution in [1.82, 2.24) is 15.6 Å². The number of hydrogen-bond donors (Lipinski definition) is 2. The van der Waals surface area contributed by atoms with E-state index in [1.54, 1.807) is 45.6 Å². The lowest BCUT2D eigenvalue weighted by Crippen LogP contribution is -2.18. The fourth-order valence-corrected chi connectivity index (χ4v) is 3.13. The number of benzene rings is 2. The van der Waals surface area contributed by atoms with Crippen LogP contribution in [-0.4, -0.2) is 43.6 Å². The number of nitrogens with one attached hydrogen (secondary N) is 2. The molecule has 0 saturated heterocycles. The molecule has 0 unspecified atom stereocenters. The van der Waals surface area contributed by atoms with Crippen LogP contribution in [0.5, 0.6) is 17.2 Å². The molecule has 0 spiro atoms. The number of halogens is 1. The summed E-state index contributed by atoms with van der Waals surface area (Å²) in [6.07, 6.45) is 1.54. The van der Waals surface area contributed by atoms with E-state index in [0.29, 0.717) is 22.9 Å². The molecule has 9 heteroatoms. The maximum Gasteiger partial charge on any atom is 0.289 e. The van der Waals surface area contributed by atoms with E-state index in [9.17, 15) is 4.79 Å². The average Bonchev–Trinajstić information content (AvgIpc) is 3.23. The molecule has 0 aliphatic heterocycles. The lowest BCUT2D eigenvalue weighted by molar-refractivity contribution is 0.0950. The molecule has 1 amide bonds. The van der Waals surface area contributed by atoms with Gasteiger partial charge in [0.05, 0.1) is 37.7 Å². The summed E-state index contributed by atoms with van der Waals surface area (Å²) in [6, 6.07) is 12.5. The van der Waals surface area contributed by atoms with Crippen LogP contribution in [0.1, 0.15) is 16.1 Å². The average molecular weight is 459 g/mol. The first-order chi connectivity index (χ1) is 14.0. The molecule has 0 aliphatic rings. The monoisotopic (exact) mass is 458 g/mol. The Labute approximate surface area is 176 Å². The molecular formula is C20H19BrN4O4. The van der Waals surface area contributed by atoms with Gasteiger partial charge in [-0.3, -0.25) is 9.89 Å². The SMILES string of the molecule is COc1ccc(C=NNC(=O)c2cc(-c3ccc(OC)c(OC)c3)n[nH]2)cc1Br. The van der Waals surface area contributed by atoms with E-state index in [4.69, 9.17) is 14.2 Å². The maximum atomic E-state index is 12.3. The number of hydrogen-bond acceptors (Lipinski definition) is 6. The molecule has 1 aromatic heterocycles. The van der Waals surface area contributed by atoms with Crippen LogP contribution in [0.15, 0.2) is 52.0 Å². The summed E-state index contributed by atoms with van der Waals surface area (Å²) >= 11 is 3.40. The third-order valence-electron chi connectivity index (χ3n) is 4.06. The van der Waals surface area contributed by atoms with Crippen LogP contribution < -0.4 is 19.6 Å². The number of aromatic amines is 1. The van der Waals surface area contributed by atoms with Crippen LogP contribution in [0.25, 0.3) is 11.3 Å². The van der Waals surface area contributed by atoms with Crippen LogP contribution in [0.4, 0.5) is 0 Å². The number of methoxy groups -OCH3 is 3. The van der Waals surface area contributed by atoms with Crippen molar-refractivity contribution in [3.8, 4) is 28.5 Å². The second kappa shape index (κ2) is 9.24. The number of carbonyl (C=O) groups is 1. The van der Waals surface area contributed by atoms with Crippen molar-refractivity contribution in [1.29, 1.82) is 0 Å². The van der Waals surface area contributed by atoms with E-state index >= 15 is 0 Å². The molecule has 0 saturated carbocycles. The minimum atomic E-state index is -0.409. The molecule has 0 bridgehead atoms. The molecule has 3 rings (SSSR count). The quantitative estimate of drug-likeness (QED) is 0.416. The summed E-state index contributed by atoms with van der Waals surface area (Å²) in [6.45, 7) is 0. The van der Waals surface area contributed by atoms with Crippen molar-refractivity contribution in [3.05, 3.63) is 58.2 Å². The number of amides is 1. The zero-order valence-corrected chi connectivity index (χ0v) is 17.6. The number of ether oxygens (including phenoxy) is 3. The number of nitrogens with zero attached hydrogens (tertiary/aromatic N) is 2. The Morgan fingerprint density at radius 3 is 2.45 bits per heavy atom. The Kier molecular flexibility index (Phi) is 6.50. The molecule has 150 valence electrons. The Hall–Kier alpha value is -3.33. The van der Waals surface area contributed by atoms with Crippen LogP contribution in [0, 0.1) is 0 Å². The highest BCUT2D eigenvalue weighted by molar-refractivity contribution is 9.10. The smallest absolute Gasteiger partial charge is 0.289 e. The van der Waals surface area contributed by atoms with Gasteiger partial charge in [0, 0.05) is 5.56 Å². The summed E-state index contributed by atoms with van der Waals surface area (Å²) in [5, 5.41) is 10.9. The second-order valence-electron chi connectivity index (χ2n) is 5.83. The van der Waals surface area contributed by atoms with Gasteiger partial charge >= 0.3 is 0 Å². The van der Waals surface area contributed by atoms with Crippen LogP contribution in [0.3, 0.4) is 0 Å². The molecule has 2 aromatic carbocycles. The highest BCUT2D eigenvalue weighted by Gasteiger charge is 2.12. The van der Waals surface area contributed by atoms with Crippen molar-refractivity contribution in [2.75, 3.05) is 21.3 Å². The van der Waals surface area contributed by atoms with E-state index in [1.807, 2.05) is 18.2 Å². The van der Waals surface area contributed by atoms with E-state index < -0.39 is 5.91 Å². The summed E-state index contributed by atoms with van der Waals surface area (Å²) < 4.78 is 16.5. The largest absolute Gasteiger partial charge is 0.496 e. The Morgan fingerprint density at radius 2 is 1.76 bits per heavy atom. The number of hydrazone groups is 1. The molecule has 3 aromatic rings. The standard InChI is InChI=1S/C20H19BrN4O4/c1-27-17-6-4-12(8-14(17)21)11-22-25-20(26)16-10-15(23-24-16)13-5-7-18(28-2)19(9-13)29-3/h4-11H,1-3H3,(H,23,24)(H,25,26). The van der Waals surface area contributed by atoms with Crippen LogP contribution >= 0.6 is 15.9 Å². The second-order valence-corrected chi connectivity index (χ2v) is 6.68. The topological polar surface area (TPSA) is 97.8 Å². The van der Waals surface area contributed by atoms with Crippen molar-refractivity contribution in [2.24, 2.45) is 5.10 Å². The number of aromatic nitrogens is 2. The zero-order chi connectivity index (χ0) is 20.8. The summed E-state index contributed by atoms with van der Waals surface area (Å²) in [4.78, 5) is 12.3. The molecule has 29 heavy (non-hydrogen) atoms. The van der Waals surface area contributed by atoms with Gasteiger partial charge in [0.2, 0.25) is 0 Å². The predicted octanol–water partition coefficient (Wildman–Crippen LogP) is 3.63. The number of H-pyrrole nitrogens is 1. The van der Waals surface area contributed by atoms with Gasteiger partial charge in [0.25, 0.3) is 5.91 Å². The minimum Gasteiger partial charge on any atom is -0.496 e. The van der Waals surface area contributed by atoms with E-state index in [0.717, 1.165) is 15.6 Å². The van der Waals surface area contributed by atoms with Gasteiger partial charge in [-0.1, -0.05) is 0 Å². The van der Waals surface area contributed by atoms with Gasteiger partial charge in [-0.05, 0) is 64.0 Å². The summed E-state index contributed by atoms with van der Waals surface area (Å²) in [5.41, 5.74) is 4.93. The molecule has 0 fully saturated rings. The molecule has 2 N–H and O–H groups in total. The fourth-order valence-electron chi connectivity index (χ4n) is 2.57. The summed E-state index contributed by atoms with van der Waals surface area (Å²) in [5.74, 6) is 1.50. The first-order valence-electron chi connectivity index (χ1n) is 8.50. The Morgan fingerprint density at radius 1 is 1.03 bits per heavy atom. The van der Waals surface area contributed by atoms with Crippen molar-refractivity contribution in [2.45, 2.75) is 0 Å². The normalized spacial score (nSPS) is 10.8. The molecule has 0 aliphatic carbocycles. The van der Waals surface area contributed by atoms with Gasteiger partial charge in [-0.25, -0.2) is 5.43 Å². The van der Waals surface area contributed by atoms with Crippen molar-refractivity contribution >= 4 is 28.1 Å². The molecule has 8 nitrogen and oxygen atoms in total. The molecule has 0 radical (unpaired) electrons. The van der Waals surface area contributed by atoms with Gasteiger partial charge in [0.1, 0.15) is 11.4 Å². The Balaban J connectivity index is 1.69.